The second kappa shape index (κ2) is 6.56. The van der Waals surface area contributed by atoms with Crippen LogP contribution >= 0.6 is 0 Å². The van der Waals surface area contributed by atoms with Crippen LogP contribution in [0.1, 0.15) is 31.1 Å². The molecule has 0 aliphatic rings. The molecule has 0 atom stereocenters. The lowest BCUT2D eigenvalue weighted by Gasteiger charge is -2.09. The molecule has 0 spiro atoms. The molecular formula is C13H19NO4S. The van der Waals surface area contributed by atoms with Gasteiger partial charge >= 0.3 is 0 Å². The van der Waals surface area contributed by atoms with Gasteiger partial charge in [0.25, 0.3) is 5.91 Å². The summed E-state index contributed by atoms with van der Waals surface area (Å²) in [5.41, 5.74) is 0.286. The average molecular weight is 285 g/mol. The number of hydrogen-bond acceptors (Lipinski definition) is 4. The first-order valence-corrected chi connectivity index (χ1v) is 7.77. The third-order valence-electron chi connectivity index (χ3n) is 2.33. The number of rotatable bonds is 6. The van der Waals surface area contributed by atoms with Gasteiger partial charge in [0, 0.05) is 5.56 Å². The molecule has 0 unspecified atom stereocenters. The second-order valence-corrected chi connectivity index (χ2v) is 6.57. The Kier molecular flexibility index (Phi) is 5.35. The van der Waals surface area contributed by atoms with Gasteiger partial charge in [-0.1, -0.05) is 13.8 Å². The SMILES string of the molecule is CCS(=O)(=O)NC(=O)c1ccc(OCC(C)C)cc1. The smallest absolute Gasteiger partial charge is 0.264 e. The summed E-state index contributed by atoms with van der Waals surface area (Å²) in [5.74, 6) is 0.312. The van der Waals surface area contributed by atoms with E-state index in [1.165, 1.54) is 19.1 Å². The van der Waals surface area contributed by atoms with Crippen LogP contribution in [-0.2, 0) is 10.0 Å². The van der Waals surface area contributed by atoms with Crippen LogP contribution in [0.4, 0.5) is 0 Å². The van der Waals surface area contributed by atoms with Crippen molar-refractivity contribution in [2.75, 3.05) is 12.4 Å². The Morgan fingerprint density at radius 2 is 1.84 bits per heavy atom. The van der Waals surface area contributed by atoms with E-state index in [1.54, 1.807) is 12.1 Å². The third kappa shape index (κ3) is 5.30. The van der Waals surface area contributed by atoms with Crippen LogP contribution in [-0.4, -0.2) is 26.7 Å². The van der Waals surface area contributed by atoms with Crippen LogP contribution in [0.25, 0.3) is 0 Å². The summed E-state index contributed by atoms with van der Waals surface area (Å²) >= 11 is 0. The molecule has 0 aromatic heterocycles. The summed E-state index contributed by atoms with van der Waals surface area (Å²) in [4.78, 5) is 11.7. The molecule has 106 valence electrons. The number of sulfonamides is 1. The van der Waals surface area contributed by atoms with E-state index in [2.05, 4.69) is 0 Å². The monoisotopic (exact) mass is 285 g/mol. The summed E-state index contributed by atoms with van der Waals surface area (Å²) in [6, 6.07) is 6.37. The Hall–Kier alpha value is -1.56. The van der Waals surface area contributed by atoms with Crippen molar-refractivity contribution in [3.63, 3.8) is 0 Å². The minimum atomic E-state index is -3.53. The van der Waals surface area contributed by atoms with Crippen molar-refractivity contribution < 1.29 is 17.9 Å². The fourth-order valence-corrected chi connectivity index (χ4v) is 1.78. The van der Waals surface area contributed by atoms with Crippen molar-refractivity contribution >= 4 is 15.9 Å². The van der Waals surface area contributed by atoms with Gasteiger partial charge in [-0.05, 0) is 37.1 Å². The minimum absolute atomic E-state index is 0.131. The molecule has 0 saturated heterocycles. The molecule has 6 heteroatoms. The molecule has 1 aromatic rings. The third-order valence-corrected chi connectivity index (χ3v) is 3.58. The van der Waals surface area contributed by atoms with Crippen LogP contribution in [0, 0.1) is 5.92 Å². The molecule has 5 nitrogen and oxygen atoms in total. The maximum Gasteiger partial charge on any atom is 0.264 e. The summed E-state index contributed by atoms with van der Waals surface area (Å²) in [6.45, 7) is 6.14. The van der Waals surface area contributed by atoms with E-state index < -0.39 is 15.9 Å². The highest BCUT2D eigenvalue weighted by Crippen LogP contribution is 2.13. The Labute approximate surface area is 114 Å². The summed E-state index contributed by atoms with van der Waals surface area (Å²) in [5, 5.41) is 0. The molecule has 19 heavy (non-hydrogen) atoms. The molecule has 1 rings (SSSR count). The number of carbonyl (C=O) groups excluding carboxylic acids is 1. The maximum atomic E-state index is 11.7. The fourth-order valence-electron chi connectivity index (χ4n) is 1.24. The molecule has 0 saturated carbocycles. The topological polar surface area (TPSA) is 72.5 Å². The van der Waals surface area contributed by atoms with Crippen molar-refractivity contribution in [3.05, 3.63) is 29.8 Å². The normalized spacial score (nSPS) is 11.4. The van der Waals surface area contributed by atoms with Gasteiger partial charge in [-0.15, -0.1) is 0 Å². The number of nitrogens with one attached hydrogen (secondary N) is 1. The Morgan fingerprint density at radius 3 is 2.32 bits per heavy atom. The molecule has 0 aliphatic heterocycles. The Morgan fingerprint density at radius 1 is 1.26 bits per heavy atom. The highest BCUT2D eigenvalue weighted by atomic mass is 32.2. The lowest BCUT2D eigenvalue weighted by Crippen LogP contribution is -2.31. The zero-order chi connectivity index (χ0) is 14.5. The lowest BCUT2D eigenvalue weighted by molar-refractivity contribution is 0.0981. The second-order valence-electron chi connectivity index (χ2n) is 4.56. The quantitative estimate of drug-likeness (QED) is 0.865. The van der Waals surface area contributed by atoms with E-state index in [1.807, 2.05) is 18.6 Å². The molecule has 0 aliphatic carbocycles. The first-order chi connectivity index (χ1) is 8.84. The van der Waals surface area contributed by atoms with E-state index in [-0.39, 0.29) is 11.3 Å². The molecule has 1 amide bonds. The standard InChI is InChI=1S/C13H19NO4S/c1-4-19(16,17)14-13(15)11-5-7-12(8-6-11)18-9-10(2)3/h5-8,10H,4,9H2,1-3H3,(H,14,15). The van der Waals surface area contributed by atoms with E-state index in [0.717, 1.165) is 0 Å². The van der Waals surface area contributed by atoms with Crippen LogP contribution in [0.5, 0.6) is 5.75 Å². The first kappa shape index (κ1) is 15.5. The van der Waals surface area contributed by atoms with Crippen molar-refractivity contribution in [2.24, 2.45) is 5.92 Å². The molecular weight excluding hydrogens is 266 g/mol. The number of benzene rings is 1. The highest BCUT2D eigenvalue weighted by molar-refractivity contribution is 7.90. The molecule has 1 aromatic carbocycles. The van der Waals surface area contributed by atoms with Gasteiger partial charge in [0.1, 0.15) is 5.75 Å². The molecule has 0 bridgehead atoms. The zero-order valence-corrected chi connectivity index (χ0v) is 12.2. The van der Waals surface area contributed by atoms with Crippen molar-refractivity contribution in [1.29, 1.82) is 0 Å². The van der Waals surface area contributed by atoms with Gasteiger partial charge in [0.2, 0.25) is 10.0 Å². The van der Waals surface area contributed by atoms with Gasteiger partial charge in [-0.3, -0.25) is 4.79 Å². The minimum Gasteiger partial charge on any atom is -0.493 e. The van der Waals surface area contributed by atoms with Gasteiger partial charge < -0.3 is 4.74 Å². The molecule has 0 heterocycles. The average Bonchev–Trinajstić information content (AvgIpc) is 2.36. The number of amides is 1. The van der Waals surface area contributed by atoms with Gasteiger partial charge in [0.05, 0.1) is 12.4 Å². The molecule has 0 fully saturated rings. The Bertz CT molecular complexity index is 520. The van der Waals surface area contributed by atoms with Gasteiger partial charge in [-0.25, -0.2) is 13.1 Å². The highest BCUT2D eigenvalue weighted by Gasteiger charge is 2.13. The molecule has 0 radical (unpaired) electrons. The first-order valence-electron chi connectivity index (χ1n) is 6.11. The van der Waals surface area contributed by atoms with Crippen LogP contribution < -0.4 is 9.46 Å². The molecule has 1 N–H and O–H groups in total. The summed E-state index contributed by atoms with van der Waals surface area (Å²) < 4.78 is 30.0. The summed E-state index contributed by atoms with van der Waals surface area (Å²) in [6.07, 6.45) is 0. The van der Waals surface area contributed by atoms with E-state index in [0.29, 0.717) is 18.3 Å². The van der Waals surface area contributed by atoms with Crippen molar-refractivity contribution in [3.8, 4) is 5.75 Å². The lowest BCUT2D eigenvalue weighted by atomic mass is 10.2. The van der Waals surface area contributed by atoms with Crippen molar-refractivity contribution in [2.45, 2.75) is 20.8 Å². The number of ether oxygens (including phenoxy) is 1. The predicted octanol–water partition coefficient (Wildman–Crippen LogP) is 1.80. The van der Waals surface area contributed by atoms with Gasteiger partial charge in [0.15, 0.2) is 0 Å². The van der Waals surface area contributed by atoms with E-state index >= 15 is 0 Å². The van der Waals surface area contributed by atoms with Crippen LogP contribution in [0.3, 0.4) is 0 Å². The largest absolute Gasteiger partial charge is 0.493 e. The zero-order valence-electron chi connectivity index (χ0n) is 11.3. The van der Waals surface area contributed by atoms with Gasteiger partial charge in [-0.2, -0.15) is 0 Å². The van der Waals surface area contributed by atoms with E-state index in [4.69, 9.17) is 4.74 Å². The van der Waals surface area contributed by atoms with Crippen LogP contribution in [0.2, 0.25) is 0 Å². The van der Waals surface area contributed by atoms with Crippen LogP contribution in [0.15, 0.2) is 24.3 Å². The summed E-state index contributed by atoms with van der Waals surface area (Å²) in [7, 11) is -3.53. The predicted molar refractivity (Wildman–Crippen MR) is 73.7 cm³/mol. The number of carbonyl (C=O) groups is 1. The Balaban J connectivity index is 2.68. The number of hydrogen-bond donors (Lipinski definition) is 1. The van der Waals surface area contributed by atoms with Crippen molar-refractivity contribution in [1.82, 2.24) is 4.72 Å². The van der Waals surface area contributed by atoms with E-state index in [9.17, 15) is 13.2 Å². The fraction of sp³-hybridized carbons (Fsp3) is 0.462. The maximum absolute atomic E-state index is 11.7.